The highest BCUT2D eigenvalue weighted by atomic mass is 79.9. The molecule has 0 amide bonds. The summed E-state index contributed by atoms with van der Waals surface area (Å²) in [5.74, 6) is 0. The molecule has 0 fully saturated rings. The number of halogens is 3. The van der Waals surface area contributed by atoms with Gasteiger partial charge in [-0.05, 0) is 5.56 Å². The van der Waals surface area contributed by atoms with Crippen molar-refractivity contribution in [2.24, 2.45) is 0 Å². The van der Waals surface area contributed by atoms with E-state index < -0.39 is 8.80 Å². The van der Waals surface area contributed by atoms with Crippen LogP contribution in [0.15, 0.2) is 30.3 Å². The van der Waals surface area contributed by atoms with Gasteiger partial charge in [-0.1, -0.05) is 73.8 Å². The van der Waals surface area contributed by atoms with Crippen LogP contribution in [-0.4, -0.2) is 7.80 Å². The van der Waals surface area contributed by atoms with Crippen LogP contribution in [0.4, 0.5) is 0 Å². The van der Waals surface area contributed by atoms with Crippen LogP contribution in [0.1, 0.15) is 11.7 Å². The highest BCUT2D eigenvalue weighted by Crippen LogP contribution is 2.42. The Morgan fingerprint density at radius 2 is 1.75 bits per heavy atom. The molecular weight excluding hydrogens is 307 g/mol. The third-order valence-electron chi connectivity index (χ3n) is 1.43. The van der Waals surface area contributed by atoms with E-state index in [0.29, 0.717) is 0 Å². The van der Waals surface area contributed by atoms with Crippen LogP contribution >= 0.6 is 43.5 Å². The van der Waals surface area contributed by atoms with Gasteiger partial charge in [0.2, 0.25) is 0 Å². The van der Waals surface area contributed by atoms with Crippen molar-refractivity contribution in [3.8, 4) is 0 Å². The van der Waals surface area contributed by atoms with E-state index in [2.05, 4.69) is 31.9 Å². The van der Waals surface area contributed by atoms with Crippen molar-refractivity contribution in [2.45, 2.75) is 8.80 Å². The number of alkyl halides is 3. The molecule has 1 aromatic rings. The van der Waals surface area contributed by atoms with Gasteiger partial charge >= 0.3 is 0 Å². The van der Waals surface area contributed by atoms with Crippen molar-refractivity contribution in [3.63, 3.8) is 0 Å². The molecule has 1 unspecified atom stereocenters. The first-order chi connectivity index (χ1) is 5.52. The second-order valence-corrected chi connectivity index (χ2v) is 7.43. The molecular formula is C8H7Br2ClO. The Morgan fingerprint density at radius 3 is 2.17 bits per heavy atom. The maximum Gasteiger partial charge on any atom is 0.183 e. The molecule has 0 bridgehead atoms. The first-order valence-corrected chi connectivity index (χ1v) is 5.28. The van der Waals surface area contributed by atoms with Crippen molar-refractivity contribution >= 4 is 43.5 Å². The molecule has 12 heavy (non-hydrogen) atoms. The number of rotatable bonds is 2. The average molecular weight is 314 g/mol. The fraction of sp³-hybridized carbons (Fsp3) is 0.250. The van der Waals surface area contributed by atoms with E-state index >= 15 is 0 Å². The first kappa shape index (κ1) is 10.5. The van der Waals surface area contributed by atoms with Crippen LogP contribution < -0.4 is 0 Å². The molecule has 0 heterocycles. The SMILES string of the molecule is OC(c1ccccc1)C(Cl)(Br)Br. The van der Waals surface area contributed by atoms with E-state index in [1.54, 1.807) is 0 Å². The largest absolute Gasteiger partial charge is 0.385 e. The van der Waals surface area contributed by atoms with Crippen molar-refractivity contribution in [2.75, 3.05) is 0 Å². The second-order valence-electron chi connectivity index (χ2n) is 2.35. The van der Waals surface area contributed by atoms with Crippen molar-refractivity contribution in [1.82, 2.24) is 0 Å². The Labute approximate surface area is 93.0 Å². The van der Waals surface area contributed by atoms with Crippen LogP contribution in [0.5, 0.6) is 0 Å². The molecule has 1 rings (SSSR count). The second kappa shape index (κ2) is 4.09. The Balaban J connectivity index is 2.86. The van der Waals surface area contributed by atoms with E-state index in [1.165, 1.54) is 0 Å². The minimum absolute atomic E-state index is 0.765. The zero-order chi connectivity index (χ0) is 9.19. The Bertz CT molecular complexity index is 245. The van der Waals surface area contributed by atoms with Gasteiger partial charge in [-0.3, -0.25) is 0 Å². The predicted octanol–water partition coefficient (Wildman–Crippen LogP) is 3.40. The van der Waals surface area contributed by atoms with Gasteiger partial charge in [0.15, 0.2) is 2.69 Å². The summed E-state index contributed by atoms with van der Waals surface area (Å²) >= 11 is 12.0. The normalized spacial score (nSPS) is 14.3. The van der Waals surface area contributed by atoms with Crippen LogP contribution in [0.2, 0.25) is 0 Å². The number of hydrogen-bond acceptors (Lipinski definition) is 1. The molecule has 0 radical (unpaired) electrons. The quantitative estimate of drug-likeness (QED) is 0.830. The van der Waals surface area contributed by atoms with E-state index in [1.807, 2.05) is 30.3 Å². The van der Waals surface area contributed by atoms with E-state index in [9.17, 15) is 5.11 Å². The minimum atomic E-state index is -0.985. The lowest BCUT2D eigenvalue weighted by Gasteiger charge is -2.19. The molecule has 1 N–H and O–H groups in total. The highest BCUT2D eigenvalue weighted by molar-refractivity contribution is 9.26. The van der Waals surface area contributed by atoms with Crippen molar-refractivity contribution < 1.29 is 5.11 Å². The molecule has 0 spiro atoms. The summed E-state index contributed by atoms with van der Waals surface area (Å²) in [5.41, 5.74) is 0.765. The maximum absolute atomic E-state index is 9.63. The van der Waals surface area contributed by atoms with Crippen molar-refractivity contribution in [3.05, 3.63) is 35.9 Å². The van der Waals surface area contributed by atoms with Gasteiger partial charge in [0, 0.05) is 0 Å². The molecule has 1 atom stereocenters. The number of benzene rings is 1. The summed E-state index contributed by atoms with van der Waals surface area (Å²) in [6.07, 6.45) is -0.777. The van der Waals surface area contributed by atoms with E-state index in [0.717, 1.165) is 5.56 Å². The summed E-state index contributed by atoms with van der Waals surface area (Å²) < 4.78 is -0.985. The van der Waals surface area contributed by atoms with Crippen LogP contribution in [0, 0.1) is 0 Å². The van der Waals surface area contributed by atoms with Crippen LogP contribution in [-0.2, 0) is 0 Å². The monoisotopic (exact) mass is 312 g/mol. The fourth-order valence-electron chi connectivity index (χ4n) is 0.824. The van der Waals surface area contributed by atoms with E-state index in [-0.39, 0.29) is 0 Å². The average Bonchev–Trinajstić information content (AvgIpc) is 2.03. The topological polar surface area (TPSA) is 20.2 Å². The maximum atomic E-state index is 9.63. The van der Waals surface area contributed by atoms with Gasteiger partial charge in [-0.2, -0.15) is 0 Å². The molecule has 0 aromatic heterocycles. The molecule has 66 valence electrons. The molecule has 4 heteroatoms. The van der Waals surface area contributed by atoms with E-state index in [4.69, 9.17) is 11.6 Å². The standard InChI is InChI=1S/C8H7Br2ClO/c9-8(10,11)7(12)6-4-2-1-3-5-6/h1-5,7,12H. The summed E-state index contributed by atoms with van der Waals surface area (Å²) in [4.78, 5) is 0. The van der Waals surface area contributed by atoms with Gasteiger partial charge in [0.25, 0.3) is 0 Å². The molecule has 1 aromatic carbocycles. The predicted molar refractivity (Wildman–Crippen MR) is 57.8 cm³/mol. The number of aliphatic hydroxyl groups is 1. The molecule has 0 saturated heterocycles. The minimum Gasteiger partial charge on any atom is -0.385 e. The van der Waals surface area contributed by atoms with Gasteiger partial charge in [0.05, 0.1) is 0 Å². The Kier molecular flexibility index (Phi) is 3.58. The lowest BCUT2D eigenvalue weighted by atomic mass is 10.1. The number of aliphatic hydroxyl groups excluding tert-OH is 1. The summed E-state index contributed by atoms with van der Waals surface area (Å²) in [7, 11) is 0. The van der Waals surface area contributed by atoms with Crippen LogP contribution in [0.25, 0.3) is 0 Å². The zero-order valence-electron chi connectivity index (χ0n) is 6.05. The Hall–Kier alpha value is 0.430. The lowest BCUT2D eigenvalue weighted by Crippen LogP contribution is -2.14. The molecule has 0 saturated carbocycles. The fourth-order valence-corrected chi connectivity index (χ4v) is 1.48. The van der Waals surface area contributed by atoms with Gasteiger partial charge in [0.1, 0.15) is 6.10 Å². The summed E-state index contributed by atoms with van der Waals surface area (Å²) in [6.45, 7) is 0. The third kappa shape index (κ3) is 2.73. The molecule has 0 aliphatic carbocycles. The van der Waals surface area contributed by atoms with Gasteiger partial charge < -0.3 is 5.11 Å². The lowest BCUT2D eigenvalue weighted by molar-refractivity contribution is 0.190. The van der Waals surface area contributed by atoms with Crippen molar-refractivity contribution in [1.29, 1.82) is 0 Å². The highest BCUT2D eigenvalue weighted by Gasteiger charge is 2.30. The molecule has 0 aliphatic rings. The molecule has 0 aliphatic heterocycles. The van der Waals surface area contributed by atoms with Crippen LogP contribution in [0.3, 0.4) is 0 Å². The first-order valence-electron chi connectivity index (χ1n) is 3.31. The van der Waals surface area contributed by atoms with Gasteiger partial charge in [-0.25, -0.2) is 0 Å². The summed E-state index contributed by atoms with van der Waals surface area (Å²) in [6, 6.07) is 9.20. The zero-order valence-corrected chi connectivity index (χ0v) is 9.97. The number of hydrogen-bond donors (Lipinski definition) is 1. The third-order valence-corrected chi connectivity index (χ3v) is 2.50. The van der Waals surface area contributed by atoms with Gasteiger partial charge in [-0.15, -0.1) is 0 Å². The molecule has 1 nitrogen and oxygen atoms in total. The summed E-state index contributed by atoms with van der Waals surface area (Å²) in [5, 5.41) is 9.63. The Morgan fingerprint density at radius 1 is 1.25 bits per heavy atom. The smallest absolute Gasteiger partial charge is 0.183 e.